The number of hydrogen-bond acceptors (Lipinski definition) is 2. The molecular weight excluding hydrogens is 164 g/mol. The first kappa shape index (κ1) is 11.6. The van der Waals surface area contributed by atoms with Gasteiger partial charge in [-0.1, -0.05) is 13.8 Å². The molecule has 0 aliphatic carbocycles. The van der Waals surface area contributed by atoms with Crippen LogP contribution in [0.5, 0.6) is 0 Å². The van der Waals surface area contributed by atoms with E-state index in [1.54, 1.807) is 12.4 Å². The van der Waals surface area contributed by atoms with Crippen molar-refractivity contribution >= 4 is 11.9 Å². The van der Waals surface area contributed by atoms with Crippen molar-refractivity contribution < 1.29 is 4.79 Å². The fourth-order valence-electron chi connectivity index (χ4n) is 0.722. The molecule has 0 saturated heterocycles. The van der Waals surface area contributed by atoms with Crippen LogP contribution in [0.25, 0.3) is 6.08 Å². The summed E-state index contributed by atoms with van der Waals surface area (Å²) in [7, 11) is 1.89. The van der Waals surface area contributed by atoms with Crippen molar-refractivity contribution in [1.82, 2.24) is 9.55 Å². The van der Waals surface area contributed by atoms with Gasteiger partial charge in [-0.25, -0.2) is 4.98 Å². The highest BCUT2D eigenvalue weighted by Gasteiger charge is 1.89. The molecule has 1 aromatic rings. The van der Waals surface area contributed by atoms with Crippen molar-refractivity contribution in [2.24, 2.45) is 7.05 Å². The summed E-state index contributed by atoms with van der Waals surface area (Å²) in [6.45, 7) is 5.51. The number of aryl methyl sites for hydroxylation is 1. The van der Waals surface area contributed by atoms with Crippen molar-refractivity contribution in [3.8, 4) is 0 Å². The van der Waals surface area contributed by atoms with Crippen molar-refractivity contribution in [3.05, 3.63) is 24.3 Å². The number of aromatic nitrogens is 2. The lowest BCUT2D eigenvalue weighted by Gasteiger charge is -1.81. The standard InChI is InChI=1S/C8H10N2O.C2H6/c1-7(11)3-4-8-5-10(2)6-9-8;1-2/h3-6H,1-2H3;1-2H3/b4-3+;. The largest absolute Gasteiger partial charge is 0.340 e. The first-order valence-corrected chi connectivity index (χ1v) is 4.35. The summed E-state index contributed by atoms with van der Waals surface area (Å²) in [6.07, 6.45) is 6.74. The van der Waals surface area contributed by atoms with Crippen LogP contribution in [0, 0.1) is 0 Å². The zero-order valence-corrected chi connectivity index (χ0v) is 8.61. The maximum Gasteiger partial charge on any atom is 0.152 e. The van der Waals surface area contributed by atoms with Crippen LogP contribution in [-0.2, 0) is 11.8 Å². The van der Waals surface area contributed by atoms with Gasteiger partial charge in [0.05, 0.1) is 12.0 Å². The first-order chi connectivity index (χ1) is 6.18. The molecule has 3 nitrogen and oxygen atoms in total. The number of carbonyl (C=O) groups is 1. The van der Waals surface area contributed by atoms with Crippen molar-refractivity contribution in [1.29, 1.82) is 0 Å². The van der Waals surface area contributed by atoms with E-state index in [-0.39, 0.29) is 5.78 Å². The van der Waals surface area contributed by atoms with E-state index in [4.69, 9.17) is 0 Å². The quantitative estimate of drug-likeness (QED) is 0.653. The summed E-state index contributed by atoms with van der Waals surface area (Å²) in [4.78, 5) is 14.5. The molecule has 0 atom stereocenters. The summed E-state index contributed by atoms with van der Waals surface area (Å²) in [5.41, 5.74) is 0.808. The van der Waals surface area contributed by atoms with Crippen LogP contribution in [-0.4, -0.2) is 15.3 Å². The number of nitrogens with zero attached hydrogens (tertiary/aromatic N) is 2. The van der Waals surface area contributed by atoms with Gasteiger partial charge in [0.1, 0.15) is 0 Å². The summed E-state index contributed by atoms with van der Waals surface area (Å²) in [5, 5.41) is 0. The van der Waals surface area contributed by atoms with Gasteiger partial charge in [0.2, 0.25) is 0 Å². The van der Waals surface area contributed by atoms with Crippen LogP contribution in [0.15, 0.2) is 18.6 Å². The van der Waals surface area contributed by atoms with Crippen molar-refractivity contribution in [2.75, 3.05) is 0 Å². The second kappa shape index (κ2) is 6.17. The molecule has 0 fully saturated rings. The lowest BCUT2D eigenvalue weighted by atomic mass is 10.3. The molecule has 0 spiro atoms. The van der Waals surface area contributed by atoms with Gasteiger partial charge >= 0.3 is 0 Å². The van der Waals surface area contributed by atoms with E-state index in [2.05, 4.69) is 4.98 Å². The minimum Gasteiger partial charge on any atom is -0.340 e. The molecule has 0 bridgehead atoms. The third-order valence-electron chi connectivity index (χ3n) is 1.21. The Kier molecular flexibility index (Phi) is 5.52. The Morgan fingerprint density at radius 1 is 1.54 bits per heavy atom. The van der Waals surface area contributed by atoms with Gasteiger partial charge in [-0.3, -0.25) is 4.79 Å². The van der Waals surface area contributed by atoms with Gasteiger partial charge in [0, 0.05) is 13.2 Å². The number of ketones is 1. The predicted octanol–water partition coefficient (Wildman–Crippen LogP) is 2.05. The zero-order chi connectivity index (χ0) is 10.3. The van der Waals surface area contributed by atoms with Crippen LogP contribution >= 0.6 is 0 Å². The predicted molar refractivity (Wildman–Crippen MR) is 54.3 cm³/mol. The van der Waals surface area contributed by atoms with Gasteiger partial charge in [-0.05, 0) is 19.1 Å². The highest BCUT2D eigenvalue weighted by Crippen LogP contribution is 1.96. The molecule has 1 aromatic heterocycles. The van der Waals surface area contributed by atoms with E-state index in [0.29, 0.717) is 0 Å². The highest BCUT2D eigenvalue weighted by atomic mass is 16.1. The van der Waals surface area contributed by atoms with Crippen molar-refractivity contribution in [2.45, 2.75) is 20.8 Å². The van der Waals surface area contributed by atoms with Crippen LogP contribution in [0.2, 0.25) is 0 Å². The molecule has 3 heteroatoms. The SMILES string of the molecule is CC.CC(=O)/C=C/c1cn(C)cn1. The van der Waals surface area contributed by atoms with E-state index < -0.39 is 0 Å². The maximum absolute atomic E-state index is 10.5. The Hall–Kier alpha value is -1.38. The van der Waals surface area contributed by atoms with Gasteiger partial charge in [0.25, 0.3) is 0 Å². The Balaban J connectivity index is 0.000000671. The molecule has 0 amide bonds. The number of hydrogen-bond donors (Lipinski definition) is 0. The Labute approximate surface area is 79.1 Å². The van der Waals surface area contributed by atoms with Crippen molar-refractivity contribution in [3.63, 3.8) is 0 Å². The lowest BCUT2D eigenvalue weighted by Crippen LogP contribution is -1.80. The molecule has 13 heavy (non-hydrogen) atoms. The van der Waals surface area contributed by atoms with Crippen LogP contribution in [0.3, 0.4) is 0 Å². The fraction of sp³-hybridized carbons (Fsp3) is 0.400. The number of rotatable bonds is 2. The van der Waals surface area contributed by atoms with Gasteiger partial charge in [-0.2, -0.15) is 0 Å². The number of allylic oxidation sites excluding steroid dienone is 1. The van der Waals surface area contributed by atoms with E-state index in [1.165, 1.54) is 13.0 Å². The molecule has 0 unspecified atom stereocenters. The smallest absolute Gasteiger partial charge is 0.152 e. The topological polar surface area (TPSA) is 34.9 Å². The van der Waals surface area contributed by atoms with Gasteiger partial charge in [0.15, 0.2) is 5.78 Å². The molecule has 0 N–H and O–H groups in total. The van der Waals surface area contributed by atoms with E-state index in [9.17, 15) is 4.79 Å². The highest BCUT2D eigenvalue weighted by molar-refractivity contribution is 5.91. The minimum atomic E-state index is 0.0376. The zero-order valence-electron chi connectivity index (χ0n) is 8.61. The Morgan fingerprint density at radius 3 is 2.54 bits per heavy atom. The Morgan fingerprint density at radius 2 is 2.15 bits per heavy atom. The molecule has 0 aliphatic heterocycles. The normalized spacial score (nSPS) is 9.54. The van der Waals surface area contributed by atoms with Crippen LogP contribution in [0.1, 0.15) is 26.5 Å². The average Bonchev–Trinajstić information content (AvgIpc) is 2.52. The van der Waals surface area contributed by atoms with E-state index >= 15 is 0 Å². The molecule has 72 valence electrons. The average molecular weight is 180 g/mol. The molecule has 0 radical (unpaired) electrons. The second-order valence-electron chi connectivity index (χ2n) is 2.41. The molecular formula is C10H16N2O. The van der Waals surface area contributed by atoms with Crippen LogP contribution in [0.4, 0.5) is 0 Å². The number of carbonyl (C=O) groups excluding carboxylic acids is 1. The van der Waals surface area contributed by atoms with Crippen LogP contribution < -0.4 is 0 Å². The molecule has 0 aromatic carbocycles. The second-order valence-corrected chi connectivity index (χ2v) is 2.41. The van der Waals surface area contributed by atoms with E-state index in [0.717, 1.165) is 5.69 Å². The minimum absolute atomic E-state index is 0.0376. The number of imidazole rings is 1. The molecule has 0 aliphatic rings. The summed E-state index contributed by atoms with van der Waals surface area (Å²) in [5.74, 6) is 0.0376. The monoisotopic (exact) mass is 180 g/mol. The summed E-state index contributed by atoms with van der Waals surface area (Å²) in [6, 6.07) is 0. The third kappa shape index (κ3) is 4.95. The Bertz CT molecular complexity index is 287. The first-order valence-electron chi connectivity index (χ1n) is 4.35. The lowest BCUT2D eigenvalue weighted by molar-refractivity contribution is -0.112. The molecule has 0 saturated carbocycles. The van der Waals surface area contributed by atoms with Gasteiger partial charge in [-0.15, -0.1) is 0 Å². The molecule has 1 rings (SSSR count). The van der Waals surface area contributed by atoms with E-state index in [1.807, 2.05) is 31.7 Å². The van der Waals surface area contributed by atoms with Gasteiger partial charge < -0.3 is 4.57 Å². The maximum atomic E-state index is 10.5. The summed E-state index contributed by atoms with van der Waals surface area (Å²) >= 11 is 0. The summed E-state index contributed by atoms with van der Waals surface area (Å²) < 4.78 is 1.83. The third-order valence-corrected chi connectivity index (χ3v) is 1.21. The fourth-order valence-corrected chi connectivity index (χ4v) is 0.722. The molecule has 1 heterocycles.